The molecule has 1 amide bonds. The fourth-order valence-electron chi connectivity index (χ4n) is 4.18. The van der Waals surface area contributed by atoms with E-state index in [4.69, 9.17) is 0 Å². The number of aliphatic carboxylic acids is 1. The minimum atomic E-state index is -1.02. The van der Waals surface area contributed by atoms with E-state index in [2.05, 4.69) is 5.32 Å². The number of likely N-dealkylation sites (tertiary alicyclic amines) is 1. The highest BCUT2D eigenvalue weighted by Gasteiger charge is 2.43. The van der Waals surface area contributed by atoms with Gasteiger partial charge in [-0.3, -0.25) is 4.79 Å². The summed E-state index contributed by atoms with van der Waals surface area (Å²) in [5.41, 5.74) is 0. The van der Waals surface area contributed by atoms with Crippen molar-refractivity contribution < 1.29 is 19.8 Å². The van der Waals surface area contributed by atoms with Crippen molar-refractivity contribution >= 4 is 11.9 Å². The van der Waals surface area contributed by atoms with E-state index in [0.717, 1.165) is 19.3 Å². The summed E-state index contributed by atoms with van der Waals surface area (Å²) in [5.74, 6) is -0.503. The van der Waals surface area contributed by atoms with Gasteiger partial charge in [0.1, 0.15) is 6.04 Å². The highest BCUT2D eigenvalue weighted by atomic mass is 16.4. The van der Waals surface area contributed by atoms with Crippen LogP contribution in [-0.2, 0) is 9.59 Å². The quantitative estimate of drug-likeness (QED) is 0.684. The summed E-state index contributed by atoms with van der Waals surface area (Å²) in [4.78, 5) is 25.2. The van der Waals surface area contributed by atoms with E-state index in [9.17, 15) is 19.8 Å². The first-order valence-electron chi connectivity index (χ1n) is 8.03. The highest BCUT2D eigenvalue weighted by Crippen LogP contribution is 2.33. The second kappa shape index (κ2) is 5.93. The second-order valence-corrected chi connectivity index (χ2v) is 6.68. The topological polar surface area (TPSA) is 89.9 Å². The molecule has 3 rings (SSSR count). The van der Waals surface area contributed by atoms with Crippen molar-refractivity contribution in [2.45, 2.75) is 69.2 Å². The van der Waals surface area contributed by atoms with Crippen LogP contribution in [0.3, 0.4) is 0 Å². The number of fused-ring (bicyclic) bond motifs is 1. The van der Waals surface area contributed by atoms with Gasteiger partial charge in [0.15, 0.2) is 0 Å². The van der Waals surface area contributed by atoms with E-state index in [1.165, 1.54) is 24.2 Å². The Labute approximate surface area is 124 Å². The molecular weight excluding hydrogens is 272 g/mol. The van der Waals surface area contributed by atoms with Gasteiger partial charge in [0.25, 0.3) is 0 Å². The molecule has 0 bridgehead atoms. The number of nitrogens with one attached hydrogen (secondary N) is 1. The molecular formula is C15H24N2O4. The average Bonchev–Trinajstić information content (AvgIpc) is 2.88. The number of hydrogen-bond acceptors (Lipinski definition) is 4. The van der Waals surface area contributed by atoms with Crippen LogP contribution in [0.5, 0.6) is 0 Å². The van der Waals surface area contributed by atoms with Crippen molar-refractivity contribution in [1.82, 2.24) is 10.2 Å². The lowest BCUT2D eigenvalue weighted by atomic mass is 9.77. The molecule has 2 heterocycles. The smallest absolute Gasteiger partial charge is 0.326 e. The second-order valence-electron chi connectivity index (χ2n) is 6.68. The number of carbonyl (C=O) groups is 2. The molecule has 0 aromatic carbocycles. The van der Waals surface area contributed by atoms with Crippen molar-refractivity contribution in [3.63, 3.8) is 0 Å². The molecule has 3 aliphatic rings. The Bertz CT molecular complexity index is 428. The van der Waals surface area contributed by atoms with Crippen LogP contribution in [0, 0.1) is 5.92 Å². The monoisotopic (exact) mass is 296 g/mol. The predicted octanol–water partition coefficient (Wildman–Crippen LogP) is 0.344. The SMILES string of the molecule is O=C(O)[C@H]1C[C@@H](O)CN1C(=O)C1CCC2CCCCC2N1. The number of carbonyl (C=O) groups excluding carboxylic acids is 1. The normalized spacial score (nSPS) is 39.9. The molecule has 0 radical (unpaired) electrons. The van der Waals surface area contributed by atoms with Crippen molar-refractivity contribution in [1.29, 1.82) is 0 Å². The molecule has 0 aromatic heterocycles. The third-order valence-corrected chi connectivity index (χ3v) is 5.30. The zero-order valence-electron chi connectivity index (χ0n) is 12.2. The summed E-state index contributed by atoms with van der Waals surface area (Å²) >= 11 is 0. The number of hydrogen-bond donors (Lipinski definition) is 3. The molecule has 0 aromatic rings. The van der Waals surface area contributed by atoms with Gasteiger partial charge in [-0.2, -0.15) is 0 Å². The number of aliphatic hydroxyl groups excluding tert-OH is 1. The zero-order valence-corrected chi connectivity index (χ0v) is 12.2. The van der Waals surface area contributed by atoms with E-state index < -0.39 is 18.1 Å². The van der Waals surface area contributed by atoms with Crippen molar-refractivity contribution in [3.8, 4) is 0 Å². The molecule has 3 fully saturated rings. The Kier molecular flexibility index (Phi) is 4.17. The Morgan fingerprint density at radius 1 is 1.10 bits per heavy atom. The van der Waals surface area contributed by atoms with Crippen LogP contribution in [0.4, 0.5) is 0 Å². The lowest BCUT2D eigenvalue weighted by Crippen LogP contribution is -2.57. The van der Waals surface area contributed by atoms with Crippen molar-refractivity contribution in [3.05, 3.63) is 0 Å². The van der Waals surface area contributed by atoms with Crippen LogP contribution in [0.1, 0.15) is 44.9 Å². The van der Waals surface area contributed by atoms with Crippen LogP contribution < -0.4 is 5.32 Å². The Morgan fingerprint density at radius 2 is 1.86 bits per heavy atom. The van der Waals surface area contributed by atoms with Gasteiger partial charge in [0.2, 0.25) is 5.91 Å². The average molecular weight is 296 g/mol. The van der Waals surface area contributed by atoms with Crippen molar-refractivity contribution in [2.75, 3.05) is 6.54 Å². The standard InChI is InChI=1S/C15H24N2O4/c18-10-7-13(15(20)21)17(8-10)14(19)12-6-5-9-3-1-2-4-11(9)16-12/h9-13,16,18H,1-8H2,(H,20,21)/t9?,10-,11?,12?,13-/m1/s1. The summed E-state index contributed by atoms with van der Waals surface area (Å²) in [7, 11) is 0. The Hall–Kier alpha value is -1.14. The van der Waals surface area contributed by atoms with Gasteiger partial charge in [0, 0.05) is 19.0 Å². The first-order chi connectivity index (χ1) is 10.1. The molecule has 2 aliphatic heterocycles. The molecule has 6 nitrogen and oxygen atoms in total. The van der Waals surface area contributed by atoms with Crippen molar-refractivity contribution in [2.24, 2.45) is 5.92 Å². The molecule has 2 saturated heterocycles. The van der Waals surface area contributed by atoms with E-state index in [1.54, 1.807) is 0 Å². The minimum absolute atomic E-state index is 0.139. The Balaban J connectivity index is 1.66. The van der Waals surface area contributed by atoms with Crippen LogP contribution in [0.2, 0.25) is 0 Å². The number of nitrogens with zero attached hydrogens (tertiary/aromatic N) is 1. The maximum Gasteiger partial charge on any atom is 0.326 e. The van der Waals surface area contributed by atoms with Gasteiger partial charge in [0.05, 0.1) is 12.1 Å². The molecule has 5 atom stereocenters. The number of piperidine rings is 1. The van der Waals surface area contributed by atoms with E-state index in [1.807, 2.05) is 0 Å². The molecule has 118 valence electrons. The number of carboxylic acid groups (broad SMARTS) is 1. The number of rotatable bonds is 2. The molecule has 1 aliphatic carbocycles. The summed E-state index contributed by atoms with van der Waals surface area (Å²) in [6.07, 6.45) is 6.07. The third kappa shape index (κ3) is 2.92. The van der Waals surface area contributed by atoms with Crippen LogP contribution in [0.15, 0.2) is 0 Å². The molecule has 3 unspecified atom stereocenters. The third-order valence-electron chi connectivity index (χ3n) is 5.30. The Morgan fingerprint density at radius 3 is 2.62 bits per heavy atom. The van der Waals surface area contributed by atoms with E-state index in [0.29, 0.717) is 12.0 Å². The van der Waals surface area contributed by atoms with Crippen LogP contribution in [0.25, 0.3) is 0 Å². The molecule has 21 heavy (non-hydrogen) atoms. The van der Waals surface area contributed by atoms with Crippen LogP contribution >= 0.6 is 0 Å². The molecule has 1 saturated carbocycles. The largest absolute Gasteiger partial charge is 0.480 e. The number of carboxylic acids is 1. The zero-order chi connectivity index (χ0) is 15.0. The first-order valence-corrected chi connectivity index (χ1v) is 8.03. The lowest BCUT2D eigenvalue weighted by Gasteiger charge is -2.41. The van der Waals surface area contributed by atoms with Gasteiger partial charge < -0.3 is 20.4 Å². The maximum absolute atomic E-state index is 12.6. The van der Waals surface area contributed by atoms with Crippen LogP contribution in [-0.4, -0.2) is 57.8 Å². The minimum Gasteiger partial charge on any atom is -0.480 e. The van der Waals surface area contributed by atoms with Gasteiger partial charge >= 0.3 is 5.97 Å². The summed E-state index contributed by atoms with van der Waals surface area (Å²) in [6.45, 7) is 0.141. The van der Waals surface area contributed by atoms with Gasteiger partial charge in [-0.25, -0.2) is 4.79 Å². The predicted molar refractivity (Wildman–Crippen MR) is 75.7 cm³/mol. The lowest BCUT2D eigenvalue weighted by molar-refractivity contribution is -0.149. The molecule has 3 N–H and O–H groups in total. The van der Waals surface area contributed by atoms with E-state index >= 15 is 0 Å². The fraction of sp³-hybridized carbons (Fsp3) is 0.867. The van der Waals surface area contributed by atoms with E-state index in [-0.39, 0.29) is 24.9 Å². The summed E-state index contributed by atoms with van der Waals surface area (Å²) < 4.78 is 0. The van der Waals surface area contributed by atoms with Gasteiger partial charge in [-0.05, 0) is 31.6 Å². The number of amides is 1. The first kappa shape index (κ1) is 14.8. The summed E-state index contributed by atoms with van der Waals surface area (Å²) in [6, 6.07) is -0.757. The number of β-amino-alcohol motifs (C(OH)–C–C–N with tert-alkyl or cyclic N) is 1. The maximum atomic E-state index is 12.6. The highest BCUT2D eigenvalue weighted by molar-refractivity contribution is 5.87. The van der Waals surface area contributed by atoms with Gasteiger partial charge in [-0.1, -0.05) is 12.8 Å². The van der Waals surface area contributed by atoms with Gasteiger partial charge in [-0.15, -0.1) is 0 Å². The molecule has 6 heteroatoms. The fourth-order valence-corrected chi connectivity index (χ4v) is 4.18. The molecule has 0 spiro atoms. The number of aliphatic hydroxyl groups is 1. The summed E-state index contributed by atoms with van der Waals surface area (Å²) in [5, 5.41) is 22.3.